The summed E-state index contributed by atoms with van der Waals surface area (Å²) in [6.07, 6.45) is 0. The molecule has 1 saturated heterocycles. The molecule has 4 nitrogen and oxygen atoms in total. The molecule has 0 aliphatic carbocycles. The van der Waals surface area contributed by atoms with E-state index < -0.39 is 10.0 Å². The zero-order valence-electron chi connectivity index (χ0n) is 12.0. The van der Waals surface area contributed by atoms with Gasteiger partial charge >= 0.3 is 0 Å². The molecule has 1 heterocycles. The minimum absolute atomic E-state index is 0.141. The Morgan fingerprint density at radius 2 is 1.90 bits per heavy atom. The van der Waals surface area contributed by atoms with Gasteiger partial charge in [0.2, 0.25) is 10.0 Å². The van der Waals surface area contributed by atoms with Gasteiger partial charge in [0.25, 0.3) is 0 Å². The van der Waals surface area contributed by atoms with Crippen molar-refractivity contribution in [3.63, 3.8) is 0 Å². The van der Waals surface area contributed by atoms with Gasteiger partial charge in [0, 0.05) is 23.6 Å². The van der Waals surface area contributed by atoms with Crippen molar-refractivity contribution in [3.8, 4) is 0 Å². The molecule has 2 atom stereocenters. The van der Waals surface area contributed by atoms with E-state index in [2.05, 4.69) is 13.8 Å². The summed E-state index contributed by atoms with van der Waals surface area (Å²) in [4.78, 5) is 0.315. The number of rotatable bonds is 3. The van der Waals surface area contributed by atoms with Gasteiger partial charge in [-0.05, 0) is 24.1 Å². The van der Waals surface area contributed by atoms with Crippen LogP contribution in [0.3, 0.4) is 0 Å². The summed E-state index contributed by atoms with van der Waals surface area (Å²) in [5.41, 5.74) is 1.31. The Bertz CT molecular complexity index is 576. The average molecular weight is 315 g/mol. The lowest BCUT2D eigenvalue weighted by molar-refractivity contribution is 0.280. The molecule has 0 amide bonds. The summed E-state index contributed by atoms with van der Waals surface area (Å²) in [5, 5.41) is 9.89. The van der Waals surface area contributed by atoms with Crippen molar-refractivity contribution in [2.75, 3.05) is 13.1 Å². The summed E-state index contributed by atoms with van der Waals surface area (Å²) < 4.78 is 27.2. The van der Waals surface area contributed by atoms with Gasteiger partial charge in [-0.1, -0.05) is 26.0 Å². The topological polar surface area (TPSA) is 57.6 Å². The van der Waals surface area contributed by atoms with Crippen molar-refractivity contribution >= 4 is 21.8 Å². The monoisotopic (exact) mass is 315 g/mol. The first-order valence-electron chi connectivity index (χ1n) is 6.71. The third kappa shape index (κ3) is 3.03. The fourth-order valence-corrected chi connectivity index (χ4v) is 5.98. The van der Waals surface area contributed by atoms with E-state index in [0.717, 1.165) is 0 Å². The quantitative estimate of drug-likeness (QED) is 0.927. The molecule has 1 N–H and O–H groups in total. The standard InChI is InChI=1S/C14H21NO3S2/c1-10-7-15(8-11(2)19-10)20(17,18)14-6-4-5-13(9-16)12(14)3/h4-6,10-11,16H,7-9H2,1-3H3. The van der Waals surface area contributed by atoms with Crippen LogP contribution in [0, 0.1) is 6.92 Å². The Morgan fingerprint density at radius 1 is 1.30 bits per heavy atom. The summed E-state index contributed by atoms with van der Waals surface area (Å²) >= 11 is 1.82. The largest absolute Gasteiger partial charge is 0.392 e. The molecule has 0 aromatic heterocycles. The molecule has 0 radical (unpaired) electrons. The number of nitrogens with zero attached hydrogens (tertiary/aromatic N) is 1. The lowest BCUT2D eigenvalue weighted by atomic mass is 10.1. The van der Waals surface area contributed by atoms with Crippen molar-refractivity contribution in [1.29, 1.82) is 0 Å². The Kier molecular flexibility index (Phi) is 4.79. The molecular formula is C14H21NO3S2. The Morgan fingerprint density at radius 3 is 2.45 bits per heavy atom. The first-order chi connectivity index (χ1) is 9.36. The number of sulfonamides is 1. The number of thioether (sulfide) groups is 1. The fraction of sp³-hybridized carbons (Fsp3) is 0.571. The predicted molar refractivity (Wildman–Crippen MR) is 82.4 cm³/mol. The van der Waals surface area contributed by atoms with Crippen molar-refractivity contribution in [2.24, 2.45) is 0 Å². The fourth-order valence-electron chi connectivity index (χ4n) is 2.58. The number of hydrogen-bond acceptors (Lipinski definition) is 4. The third-order valence-electron chi connectivity index (χ3n) is 3.57. The van der Waals surface area contributed by atoms with Crippen LogP contribution in [0.1, 0.15) is 25.0 Å². The lowest BCUT2D eigenvalue weighted by Crippen LogP contribution is -2.44. The molecule has 1 aromatic carbocycles. The Labute approximate surface area is 125 Å². The minimum atomic E-state index is -3.48. The van der Waals surface area contributed by atoms with Crippen molar-refractivity contribution in [1.82, 2.24) is 4.31 Å². The van der Waals surface area contributed by atoms with Crippen LogP contribution in [0.4, 0.5) is 0 Å². The highest BCUT2D eigenvalue weighted by atomic mass is 32.2. The Balaban J connectivity index is 2.40. The molecule has 20 heavy (non-hydrogen) atoms. The van der Waals surface area contributed by atoms with Crippen molar-refractivity contribution in [3.05, 3.63) is 29.3 Å². The highest BCUT2D eigenvalue weighted by molar-refractivity contribution is 8.00. The summed E-state index contributed by atoms with van der Waals surface area (Å²) in [7, 11) is -3.48. The SMILES string of the molecule is Cc1c(CO)cccc1S(=O)(=O)N1CC(C)SC(C)C1. The highest BCUT2D eigenvalue weighted by Crippen LogP contribution is 2.30. The average Bonchev–Trinajstić information content (AvgIpc) is 2.37. The first kappa shape index (κ1) is 15.8. The summed E-state index contributed by atoms with van der Waals surface area (Å²) in [5.74, 6) is 0. The van der Waals surface area contributed by atoms with Gasteiger partial charge in [-0.15, -0.1) is 0 Å². The van der Waals surface area contributed by atoms with Crippen LogP contribution in [0.5, 0.6) is 0 Å². The number of aliphatic hydroxyl groups is 1. The van der Waals surface area contributed by atoms with Gasteiger partial charge in [-0.2, -0.15) is 16.1 Å². The summed E-state index contributed by atoms with van der Waals surface area (Å²) in [6.45, 7) is 6.81. The van der Waals surface area contributed by atoms with Crippen LogP contribution < -0.4 is 0 Å². The molecule has 1 aliphatic rings. The highest BCUT2D eigenvalue weighted by Gasteiger charge is 2.33. The number of aliphatic hydroxyl groups excluding tert-OH is 1. The van der Waals surface area contributed by atoms with Crippen LogP contribution in [0.2, 0.25) is 0 Å². The van der Waals surface area contributed by atoms with E-state index in [0.29, 0.717) is 39.6 Å². The van der Waals surface area contributed by atoms with Crippen LogP contribution in [0.25, 0.3) is 0 Å². The van der Waals surface area contributed by atoms with E-state index in [9.17, 15) is 13.5 Å². The lowest BCUT2D eigenvalue weighted by Gasteiger charge is -2.34. The third-order valence-corrected chi connectivity index (χ3v) is 6.77. The van der Waals surface area contributed by atoms with E-state index in [-0.39, 0.29) is 6.61 Å². The van der Waals surface area contributed by atoms with E-state index in [1.54, 1.807) is 29.4 Å². The molecule has 2 rings (SSSR count). The molecule has 0 spiro atoms. The molecule has 1 fully saturated rings. The first-order valence-corrected chi connectivity index (χ1v) is 9.09. The summed E-state index contributed by atoms with van der Waals surface area (Å²) in [6, 6.07) is 5.07. The van der Waals surface area contributed by atoms with E-state index >= 15 is 0 Å². The zero-order valence-corrected chi connectivity index (χ0v) is 13.7. The van der Waals surface area contributed by atoms with E-state index in [1.165, 1.54) is 0 Å². The molecule has 1 aromatic rings. The number of hydrogen-bond donors (Lipinski definition) is 1. The van der Waals surface area contributed by atoms with Crippen LogP contribution in [0.15, 0.2) is 23.1 Å². The smallest absolute Gasteiger partial charge is 0.243 e. The normalized spacial score (nSPS) is 24.8. The molecule has 1 aliphatic heterocycles. The maximum absolute atomic E-state index is 12.8. The minimum Gasteiger partial charge on any atom is -0.392 e. The number of benzene rings is 1. The van der Waals surface area contributed by atoms with E-state index in [4.69, 9.17) is 0 Å². The molecule has 2 unspecified atom stereocenters. The second kappa shape index (κ2) is 6.05. The Hall–Kier alpha value is -0.560. The molecule has 0 saturated carbocycles. The molecular weight excluding hydrogens is 294 g/mol. The maximum atomic E-state index is 12.8. The second-order valence-corrected chi connectivity index (χ2v) is 9.07. The van der Waals surface area contributed by atoms with Gasteiger partial charge < -0.3 is 5.11 Å². The van der Waals surface area contributed by atoms with Gasteiger partial charge in [-0.25, -0.2) is 8.42 Å². The van der Waals surface area contributed by atoms with Crippen molar-refractivity contribution in [2.45, 2.75) is 42.8 Å². The predicted octanol–water partition coefficient (Wildman–Crippen LogP) is 2.00. The van der Waals surface area contributed by atoms with Gasteiger partial charge in [-0.3, -0.25) is 0 Å². The van der Waals surface area contributed by atoms with Gasteiger partial charge in [0.05, 0.1) is 11.5 Å². The van der Waals surface area contributed by atoms with Crippen molar-refractivity contribution < 1.29 is 13.5 Å². The second-order valence-electron chi connectivity index (χ2n) is 5.28. The van der Waals surface area contributed by atoms with Crippen LogP contribution in [-0.4, -0.2) is 41.4 Å². The van der Waals surface area contributed by atoms with Crippen LogP contribution >= 0.6 is 11.8 Å². The van der Waals surface area contributed by atoms with Gasteiger partial charge in [0.1, 0.15) is 0 Å². The zero-order chi connectivity index (χ0) is 14.9. The van der Waals surface area contributed by atoms with E-state index in [1.807, 2.05) is 11.8 Å². The van der Waals surface area contributed by atoms with Crippen LogP contribution in [-0.2, 0) is 16.6 Å². The maximum Gasteiger partial charge on any atom is 0.243 e. The molecule has 0 bridgehead atoms. The molecule has 6 heteroatoms. The molecule has 112 valence electrons. The van der Waals surface area contributed by atoms with Gasteiger partial charge in [0.15, 0.2) is 0 Å².